The Labute approximate surface area is 93.4 Å². The smallest absolute Gasteiger partial charge is 0.311 e. The Morgan fingerprint density at radius 2 is 2.25 bits per heavy atom. The number of hydrogen-bond donors (Lipinski definition) is 1. The highest BCUT2D eigenvalue weighted by atomic mass is 16.6. The second-order valence-electron chi connectivity index (χ2n) is 4.02. The van der Waals surface area contributed by atoms with Crippen LogP contribution in [0.4, 0.5) is 5.69 Å². The molecule has 2 N–H and O–H groups in total. The van der Waals surface area contributed by atoms with Crippen LogP contribution in [0.3, 0.4) is 0 Å². The molecule has 1 aromatic carbocycles. The standard InChI is InChI=1S/C11H14N2O3/c12-6-9-3-4-11(10(5-9)13(14)15)16-7-8-1-2-8/h3-5,8H,1-2,6-7,12H2. The second-order valence-corrected chi connectivity index (χ2v) is 4.02. The maximum atomic E-state index is 10.8. The summed E-state index contributed by atoms with van der Waals surface area (Å²) in [6.07, 6.45) is 2.32. The zero-order chi connectivity index (χ0) is 11.5. The molecule has 0 spiro atoms. The Hall–Kier alpha value is -1.62. The summed E-state index contributed by atoms with van der Waals surface area (Å²) >= 11 is 0. The molecular weight excluding hydrogens is 208 g/mol. The highest BCUT2D eigenvalue weighted by Gasteiger charge is 2.24. The number of hydrogen-bond acceptors (Lipinski definition) is 4. The molecule has 5 nitrogen and oxygen atoms in total. The van der Waals surface area contributed by atoms with Crippen molar-refractivity contribution >= 4 is 5.69 Å². The number of rotatable bonds is 5. The molecule has 1 saturated carbocycles. The average Bonchev–Trinajstić information content (AvgIpc) is 3.09. The van der Waals surface area contributed by atoms with E-state index in [1.54, 1.807) is 12.1 Å². The van der Waals surface area contributed by atoms with E-state index in [0.29, 0.717) is 24.8 Å². The first-order valence-corrected chi connectivity index (χ1v) is 5.31. The predicted octanol–water partition coefficient (Wildman–Crippen LogP) is 1.84. The van der Waals surface area contributed by atoms with E-state index >= 15 is 0 Å². The van der Waals surface area contributed by atoms with Gasteiger partial charge >= 0.3 is 5.69 Å². The minimum atomic E-state index is -0.429. The summed E-state index contributed by atoms with van der Waals surface area (Å²) in [5.41, 5.74) is 6.18. The Morgan fingerprint density at radius 1 is 1.50 bits per heavy atom. The number of benzene rings is 1. The summed E-state index contributed by atoms with van der Waals surface area (Å²) in [6, 6.07) is 4.86. The lowest BCUT2D eigenvalue weighted by Gasteiger charge is -2.06. The summed E-state index contributed by atoms with van der Waals surface area (Å²) in [7, 11) is 0. The fraction of sp³-hybridized carbons (Fsp3) is 0.455. The van der Waals surface area contributed by atoms with Gasteiger partial charge in [0.1, 0.15) is 0 Å². The van der Waals surface area contributed by atoms with E-state index < -0.39 is 4.92 Å². The van der Waals surface area contributed by atoms with Crippen LogP contribution in [0.1, 0.15) is 18.4 Å². The summed E-state index contributed by atoms with van der Waals surface area (Å²) in [6.45, 7) is 0.868. The Morgan fingerprint density at radius 3 is 2.81 bits per heavy atom. The zero-order valence-electron chi connectivity index (χ0n) is 8.89. The van der Waals surface area contributed by atoms with Gasteiger partial charge in [0.25, 0.3) is 0 Å². The fourth-order valence-corrected chi connectivity index (χ4v) is 1.45. The Bertz CT molecular complexity index is 402. The number of nitrogens with two attached hydrogens (primary N) is 1. The van der Waals surface area contributed by atoms with Gasteiger partial charge < -0.3 is 10.5 Å². The van der Waals surface area contributed by atoms with Gasteiger partial charge in [-0.1, -0.05) is 6.07 Å². The van der Waals surface area contributed by atoms with Crippen molar-refractivity contribution in [2.75, 3.05) is 6.61 Å². The molecule has 0 heterocycles. The minimum absolute atomic E-state index is 0.00333. The first-order valence-electron chi connectivity index (χ1n) is 5.31. The monoisotopic (exact) mass is 222 g/mol. The van der Waals surface area contributed by atoms with Gasteiger partial charge in [-0.25, -0.2) is 0 Å². The molecule has 1 aliphatic rings. The maximum absolute atomic E-state index is 10.8. The first-order chi connectivity index (χ1) is 7.70. The van der Waals surface area contributed by atoms with Crippen molar-refractivity contribution in [2.45, 2.75) is 19.4 Å². The van der Waals surface area contributed by atoms with Gasteiger partial charge in [0.2, 0.25) is 0 Å². The molecule has 0 aromatic heterocycles. The van der Waals surface area contributed by atoms with Gasteiger partial charge in [-0.15, -0.1) is 0 Å². The molecule has 0 aliphatic heterocycles. The van der Waals surface area contributed by atoms with Crippen molar-refractivity contribution in [3.63, 3.8) is 0 Å². The molecule has 2 rings (SSSR count). The van der Waals surface area contributed by atoms with Gasteiger partial charge in [-0.3, -0.25) is 10.1 Å². The highest BCUT2D eigenvalue weighted by molar-refractivity contribution is 5.48. The lowest BCUT2D eigenvalue weighted by atomic mass is 10.2. The summed E-state index contributed by atoms with van der Waals surface area (Å²) in [5, 5.41) is 10.8. The molecule has 1 aliphatic carbocycles. The topological polar surface area (TPSA) is 78.4 Å². The van der Waals surface area contributed by atoms with Gasteiger partial charge in [0, 0.05) is 12.6 Å². The molecule has 0 amide bonds. The van der Waals surface area contributed by atoms with E-state index in [9.17, 15) is 10.1 Å². The molecular formula is C11H14N2O3. The zero-order valence-corrected chi connectivity index (χ0v) is 8.89. The van der Waals surface area contributed by atoms with Gasteiger partial charge in [-0.2, -0.15) is 0 Å². The summed E-state index contributed by atoms with van der Waals surface area (Å²) < 4.78 is 5.44. The second kappa shape index (κ2) is 4.49. The van der Waals surface area contributed by atoms with E-state index in [1.165, 1.54) is 6.07 Å². The number of nitrogens with zero attached hydrogens (tertiary/aromatic N) is 1. The SMILES string of the molecule is NCc1ccc(OCC2CC2)c([N+](=O)[O-])c1. The molecule has 16 heavy (non-hydrogen) atoms. The number of nitro groups is 1. The molecule has 0 unspecified atom stereocenters. The van der Waals surface area contributed by atoms with Crippen LogP contribution in [0.2, 0.25) is 0 Å². The van der Waals surface area contributed by atoms with E-state index in [4.69, 9.17) is 10.5 Å². The van der Waals surface area contributed by atoms with Crippen molar-refractivity contribution in [3.8, 4) is 5.75 Å². The van der Waals surface area contributed by atoms with E-state index in [2.05, 4.69) is 0 Å². The maximum Gasteiger partial charge on any atom is 0.311 e. The normalized spacial score (nSPS) is 14.8. The van der Waals surface area contributed by atoms with Gasteiger partial charge in [-0.05, 0) is 30.4 Å². The van der Waals surface area contributed by atoms with E-state index in [-0.39, 0.29) is 5.69 Å². The van der Waals surface area contributed by atoms with Crippen LogP contribution < -0.4 is 10.5 Å². The third-order valence-corrected chi connectivity index (χ3v) is 2.63. The van der Waals surface area contributed by atoms with Crippen molar-refractivity contribution in [2.24, 2.45) is 11.7 Å². The van der Waals surface area contributed by atoms with Crippen molar-refractivity contribution in [1.29, 1.82) is 0 Å². The first kappa shape index (κ1) is 10.9. The minimum Gasteiger partial charge on any atom is -0.487 e. The fourth-order valence-electron chi connectivity index (χ4n) is 1.45. The average molecular weight is 222 g/mol. The molecule has 1 aromatic rings. The van der Waals surface area contributed by atoms with Crippen LogP contribution in [0.5, 0.6) is 5.75 Å². The van der Waals surface area contributed by atoms with Crippen molar-refractivity contribution < 1.29 is 9.66 Å². The van der Waals surface area contributed by atoms with Crippen LogP contribution in [0.15, 0.2) is 18.2 Å². The van der Waals surface area contributed by atoms with Gasteiger partial charge in [0.05, 0.1) is 11.5 Å². The van der Waals surface area contributed by atoms with Crippen LogP contribution in [0, 0.1) is 16.0 Å². The number of nitro benzene ring substituents is 1. The highest BCUT2D eigenvalue weighted by Crippen LogP contribution is 2.33. The van der Waals surface area contributed by atoms with Crippen LogP contribution in [-0.2, 0) is 6.54 Å². The molecule has 0 radical (unpaired) electrons. The lowest BCUT2D eigenvalue weighted by molar-refractivity contribution is -0.385. The lowest BCUT2D eigenvalue weighted by Crippen LogP contribution is -2.03. The molecule has 5 heteroatoms. The largest absolute Gasteiger partial charge is 0.487 e. The van der Waals surface area contributed by atoms with E-state index in [0.717, 1.165) is 18.4 Å². The predicted molar refractivity (Wildman–Crippen MR) is 59.2 cm³/mol. The summed E-state index contributed by atoms with van der Waals surface area (Å²) in [5.74, 6) is 0.919. The number of ether oxygens (including phenoxy) is 1. The third-order valence-electron chi connectivity index (χ3n) is 2.63. The molecule has 1 fully saturated rings. The molecule has 0 atom stereocenters. The third kappa shape index (κ3) is 2.49. The summed E-state index contributed by atoms with van der Waals surface area (Å²) in [4.78, 5) is 10.4. The van der Waals surface area contributed by atoms with Crippen molar-refractivity contribution in [3.05, 3.63) is 33.9 Å². The van der Waals surface area contributed by atoms with Crippen LogP contribution >= 0.6 is 0 Å². The van der Waals surface area contributed by atoms with Crippen LogP contribution in [0.25, 0.3) is 0 Å². The Balaban J connectivity index is 2.16. The van der Waals surface area contributed by atoms with E-state index in [1.807, 2.05) is 0 Å². The molecule has 86 valence electrons. The van der Waals surface area contributed by atoms with Crippen molar-refractivity contribution in [1.82, 2.24) is 0 Å². The van der Waals surface area contributed by atoms with Crippen LogP contribution in [-0.4, -0.2) is 11.5 Å². The quantitative estimate of drug-likeness (QED) is 0.609. The Kier molecular flexibility index (Phi) is 3.05. The van der Waals surface area contributed by atoms with Gasteiger partial charge in [0.15, 0.2) is 5.75 Å². The molecule has 0 saturated heterocycles. The molecule has 0 bridgehead atoms.